The SMILES string of the molecule is Cc1ccc2c(-c3ccccc3C=N[S@@](=O)C(C)(C)C)noc2c1. The van der Waals surface area contributed by atoms with Gasteiger partial charge in [-0.05, 0) is 45.4 Å². The van der Waals surface area contributed by atoms with Crippen LogP contribution in [0.15, 0.2) is 51.4 Å². The zero-order valence-corrected chi connectivity index (χ0v) is 15.1. The number of hydrogen-bond acceptors (Lipinski definition) is 3. The lowest BCUT2D eigenvalue weighted by molar-refractivity contribution is 0.459. The van der Waals surface area contributed by atoms with Gasteiger partial charge in [0.1, 0.15) is 16.7 Å². The molecule has 3 aromatic rings. The van der Waals surface area contributed by atoms with Crippen molar-refractivity contribution in [2.75, 3.05) is 0 Å². The summed E-state index contributed by atoms with van der Waals surface area (Å²) in [6.07, 6.45) is 1.66. The third kappa shape index (κ3) is 3.31. The van der Waals surface area contributed by atoms with Gasteiger partial charge < -0.3 is 4.52 Å². The molecule has 5 heteroatoms. The fourth-order valence-electron chi connectivity index (χ4n) is 2.33. The second-order valence-electron chi connectivity index (χ2n) is 6.71. The predicted molar refractivity (Wildman–Crippen MR) is 99.7 cm³/mol. The van der Waals surface area contributed by atoms with Gasteiger partial charge in [-0.15, -0.1) is 0 Å². The lowest BCUT2D eigenvalue weighted by Gasteiger charge is -2.12. The van der Waals surface area contributed by atoms with Gasteiger partial charge in [0.25, 0.3) is 0 Å². The molecule has 0 saturated carbocycles. The van der Waals surface area contributed by atoms with Crippen LogP contribution in [-0.4, -0.2) is 20.3 Å². The molecule has 0 spiro atoms. The van der Waals surface area contributed by atoms with Crippen molar-refractivity contribution in [3.8, 4) is 11.3 Å². The lowest BCUT2D eigenvalue weighted by atomic mass is 10.0. The van der Waals surface area contributed by atoms with Gasteiger partial charge in [-0.2, -0.15) is 4.40 Å². The summed E-state index contributed by atoms with van der Waals surface area (Å²) in [5, 5.41) is 5.19. The molecule has 0 amide bonds. The maximum Gasteiger partial charge on any atom is 0.167 e. The molecule has 24 heavy (non-hydrogen) atoms. The molecular weight excluding hydrogens is 320 g/mol. The van der Waals surface area contributed by atoms with Crippen molar-refractivity contribution in [2.45, 2.75) is 32.4 Å². The first-order chi connectivity index (χ1) is 11.4. The molecular formula is C19H20N2O2S. The van der Waals surface area contributed by atoms with Crippen LogP contribution in [0, 0.1) is 6.92 Å². The summed E-state index contributed by atoms with van der Waals surface area (Å²) >= 11 is 0. The Bertz CT molecular complexity index is 936. The summed E-state index contributed by atoms with van der Waals surface area (Å²) in [4.78, 5) is 0. The standard InChI is InChI=1S/C19H20N2O2S/c1-13-9-10-16-17(11-13)23-21-18(16)15-8-6-5-7-14(15)12-20-24(22)19(2,3)4/h5-12H,1-4H3/t24-/m0/s1. The number of aryl methyl sites for hydroxylation is 1. The number of fused-ring (bicyclic) bond motifs is 1. The van der Waals surface area contributed by atoms with Gasteiger partial charge in [-0.1, -0.05) is 35.5 Å². The maximum absolute atomic E-state index is 12.2. The normalized spacial score (nSPS) is 13.7. The van der Waals surface area contributed by atoms with Crippen molar-refractivity contribution in [1.82, 2.24) is 5.16 Å². The van der Waals surface area contributed by atoms with Gasteiger partial charge in [0.15, 0.2) is 5.58 Å². The first kappa shape index (κ1) is 16.6. The van der Waals surface area contributed by atoms with Crippen molar-refractivity contribution in [1.29, 1.82) is 0 Å². The molecule has 1 heterocycles. The van der Waals surface area contributed by atoms with E-state index in [0.717, 1.165) is 33.4 Å². The predicted octanol–water partition coefficient (Wildman–Crippen LogP) is 4.68. The Balaban J connectivity index is 2.06. The molecule has 124 valence electrons. The third-order valence-corrected chi connectivity index (χ3v) is 5.00. The van der Waals surface area contributed by atoms with E-state index in [2.05, 4.69) is 9.55 Å². The van der Waals surface area contributed by atoms with E-state index in [1.807, 2.05) is 70.2 Å². The van der Waals surface area contributed by atoms with Crippen LogP contribution in [0.5, 0.6) is 0 Å². The summed E-state index contributed by atoms with van der Waals surface area (Å²) in [5.74, 6) is 0. The van der Waals surface area contributed by atoms with E-state index in [0.29, 0.717) is 0 Å². The van der Waals surface area contributed by atoms with Crippen LogP contribution in [0.2, 0.25) is 0 Å². The van der Waals surface area contributed by atoms with E-state index in [1.54, 1.807) is 6.21 Å². The van der Waals surface area contributed by atoms with Crippen molar-refractivity contribution in [3.05, 3.63) is 53.6 Å². The fourth-order valence-corrected chi connectivity index (χ4v) is 2.85. The fraction of sp³-hybridized carbons (Fsp3) is 0.263. The van der Waals surface area contributed by atoms with Crippen LogP contribution in [0.4, 0.5) is 0 Å². The molecule has 0 unspecified atom stereocenters. The minimum atomic E-state index is -1.30. The molecule has 0 radical (unpaired) electrons. The Hall–Kier alpha value is -2.27. The van der Waals surface area contributed by atoms with Crippen LogP contribution in [-0.2, 0) is 11.0 Å². The van der Waals surface area contributed by atoms with E-state index >= 15 is 0 Å². The molecule has 0 bridgehead atoms. The number of rotatable bonds is 3. The molecule has 0 aliphatic rings. The van der Waals surface area contributed by atoms with E-state index in [4.69, 9.17) is 4.52 Å². The second kappa shape index (κ2) is 6.32. The maximum atomic E-state index is 12.2. The highest BCUT2D eigenvalue weighted by molar-refractivity contribution is 7.85. The third-order valence-electron chi connectivity index (χ3n) is 3.65. The van der Waals surface area contributed by atoms with Crippen LogP contribution < -0.4 is 0 Å². The summed E-state index contributed by atoms with van der Waals surface area (Å²) in [7, 11) is -1.30. The Kier molecular flexibility index (Phi) is 4.37. The van der Waals surface area contributed by atoms with Crippen molar-refractivity contribution in [3.63, 3.8) is 0 Å². The zero-order chi connectivity index (χ0) is 17.3. The molecule has 0 N–H and O–H groups in total. The molecule has 1 atom stereocenters. The van der Waals surface area contributed by atoms with Crippen LogP contribution >= 0.6 is 0 Å². The number of aromatic nitrogens is 1. The molecule has 3 rings (SSSR count). The van der Waals surface area contributed by atoms with E-state index in [9.17, 15) is 4.21 Å². The lowest BCUT2D eigenvalue weighted by Crippen LogP contribution is -2.19. The molecule has 0 fully saturated rings. The van der Waals surface area contributed by atoms with Crippen LogP contribution in [0.3, 0.4) is 0 Å². The molecule has 2 aromatic carbocycles. The Morgan fingerprint density at radius 2 is 1.92 bits per heavy atom. The monoisotopic (exact) mass is 340 g/mol. The minimum absolute atomic E-state index is 0.385. The Labute approximate surface area is 144 Å². The quantitative estimate of drug-likeness (QED) is 0.650. The van der Waals surface area contributed by atoms with Crippen LogP contribution in [0.1, 0.15) is 31.9 Å². The second-order valence-corrected chi connectivity index (χ2v) is 8.65. The average molecular weight is 340 g/mol. The van der Waals surface area contributed by atoms with Gasteiger partial charge in [0.05, 0.1) is 4.75 Å². The number of benzene rings is 2. The van der Waals surface area contributed by atoms with Gasteiger partial charge in [-0.3, -0.25) is 0 Å². The van der Waals surface area contributed by atoms with Crippen LogP contribution in [0.25, 0.3) is 22.2 Å². The summed E-state index contributed by atoms with van der Waals surface area (Å²) < 4.78 is 21.5. The van der Waals surface area contributed by atoms with Gasteiger partial charge in [-0.25, -0.2) is 4.21 Å². The number of nitrogens with zero attached hydrogens (tertiary/aromatic N) is 2. The summed E-state index contributed by atoms with van der Waals surface area (Å²) in [6, 6.07) is 13.8. The molecule has 0 aliphatic carbocycles. The largest absolute Gasteiger partial charge is 0.356 e. The highest BCUT2D eigenvalue weighted by Crippen LogP contribution is 2.30. The molecule has 0 saturated heterocycles. The summed E-state index contributed by atoms with van der Waals surface area (Å²) in [6.45, 7) is 7.73. The van der Waals surface area contributed by atoms with E-state index < -0.39 is 11.0 Å². The minimum Gasteiger partial charge on any atom is -0.356 e. The molecule has 0 aliphatic heterocycles. The first-order valence-corrected chi connectivity index (χ1v) is 8.88. The average Bonchev–Trinajstić information content (AvgIpc) is 2.94. The first-order valence-electron chi connectivity index (χ1n) is 7.78. The van der Waals surface area contributed by atoms with Gasteiger partial charge >= 0.3 is 0 Å². The Morgan fingerprint density at radius 3 is 2.67 bits per heavy atom. The summed E-state index contributed by atoms with van der Waals surface area (Å²) in [5.41, 5.74) is 4.44. The van der Waals surface area contributed by atoms with Crippen molar-refractivity contribution >= 4 is 28.2 Å². The van der Waals surface area contributed by atoms with Crippen molar-refractivity contribution in [2.24, 2.45) is 4.40 Å². The number of hydrogen-bond donors (Lipinski definition) is 0. The van der Waals surface area contributed by atoms with E-state index in [-0.39, 0.29) is 4.75 Å². The van der Waals surface area contributed by atoms with Gasteiger partial charge in [0.2, 0.25) is 0 Å². The Morgan fingerprint density at radius 1 is 1.17 bits per heavy atom. The molecule has 1 aromatic heterocycles. The highest BCUT2D eigenvalue weighted by atomic mass is 32.2. The van der Waals surface area contributed by atoms with E-state index in [1.165, 1.54) is 0 Å². The molecule has 4 nitrogen and oxygen atoms in total. The highest BCUT2D eigenvalue weighted by Gasteiger charge is 2.19. The zero-order valence-electron chi connectivity index (χ0n) is 14.2. The smallest absolute Gasteiger partial charge is 0.167 e. The topological polar surface area (TPSA) is 55.5 Å². The van der Waals surface area contributed by atoms with Crippen molar-refractivity contribution < 1.29 is 8.73 Å². The van der Waals surface area contributed by atoms with Gasteiger partial charge in [0, 0.05) is 22.7 Å².